The van der Waals surface area contributed by atoms with E-state index < -0.39 is 15.9 Å². The van der Waals surface area contributed by atoms with E-state index in [2.05, 4.69) is 0 Å². The quantitative estimate of drug-likeness (QED) is 0.815. The highest BCUT2D eigenvalue weighted by atomic mass is 32.2. The molecule has 0 aromatic heterocycles. The maximum absolute atomic E-state index is 13.0. The van der Waals surface area contributed by atoms with Crippen LogP contribution in [0.4, 0.5) is 4.39 Å². The Labute approximate surface area is 116 Å². The van der Waals surface area contributed by atoms with Crippen LogP contribution < -0.4 is 4.18 Å². The molecular formula is C14H10FNO3S. The molecule has 0 fully saturated rings. The number of nitrogens with zero attached hydrogens (tertiary/aromatic N) is 1. The van der Waals surface area contributed by atoms with Gasteiger partial charge in [-0.25, -0.2) is 4.39 Å². The lowest BCUT2D eigenvalue weighted by Crippen LogP contribution is -2.12. The molecule has 2 aromatic rings. The van der Waals surface area contributed by atoms with Gasteiger partial charge in [-0.2, -0.15) is 13.7 Å². The third-order valence-electron chi connectivity index (χ3n) is 2.61. The highest BCUT2D eigenvalue weighted by Crippen LogP contribution is 2.24. The second-order valence-electron chi connectivity index (χ2n) is 4.06. The zero-order valence-electron chi connectivity index (χ0n) is 10.5. The number of para-hydroxylation sites is 1. The van der Waals surface area contributed by atoms with Crippen LogP contribution in [0.2, 0.25) is 0 Å². The maximum Gasteiger partial charge on any atom is 0.339 e. The van der Waals surface area contributed by atoms with Gasteiger partial charge in [0.15, 0.2) is 5.75 Å². The van der Waals surface area contributed by atoms with Crippen LogP contribution in [-0.2, 0) is 10.1 Å². The lowest BCUT2D eigenvalue weighted by atomic mass is 10.2. The summed E-state index contributed by atoms with van der Waals surface area (Å²) in [5.74, 6) is -0.586. The van der Waals surface area contributed by atoms with E-state index in [9.17, 15) is 12.8 Å². The van der Waals surface area contributed by atoms with E-state index in [0.717, 1.165) is 18.2 Å². The van der Waals surface area contributed by atoms with Crippen molar-refractivity contribution in [2.45, 2.75) is 11.8 Å². The monoisotopic (exact) mass is 291 g/mol. The van der Waals surface area contributed by atoms with Crippen molar-refractivity contribution >= 4 is 10.1 Å². The predicted octanol–water partition coefficient (Wildman–Crippen LogP) is 2.77. The van der Waals surface area contributed by atoms with E-state index in [-0.39, 0.29) is 21.8 Å². The highest BCUT2D eigenvalue weighted by molar-refractivity contribution is 7.87. The van der Waals surface area contributed by atoms with Crippen molar-refractivity contribution in [1.82, 2.24) is 0 Å². The van der Waals surface area contributed by atoms with Crippen molar-refractivity contribution in [2.75, 3.05) is 0 Å². The Morgan fingerprint density at radius 2 is 1.90 bits per heavy atom. The average molecular weight is 291 g/mol. The third kappa shape index (κ3) is 2.78. The molecule has 0 aliphatic rings. The molecule has 0 atom stereocenters. The summed E-state index contributed by atoms with van der Waals surface area (Å²) >= 11 is 0. The molecule has 0 aliphatic carbocycles. The smallest absolute Gasteiger partial charge is 0.339 e. The Kier molecular flexibility index (Phi) is 3.72. The summed E-state index contributed by atoms with van der Waals surface area (Å²) in [7, 11) is -4.11. The molecule has 0 N–H and O–H groups in total. The van der Waals surface area contributed by atoms with E-state index in [1.807, 2.05) is 6.07 Å². The van der Waals surface area contributed by atoms with Crippen LogP contribution in [0.3, 0.4) is 0 Å². The molecule has 6 heteroatoms. The van der Waals surface area contributed by atoms with Crippen LogP contribution >= 0.6 is 0 Å². The van der Waals surface area contributed by atoms with Crippen molar-refractivity contribution in [1.29, 1.82) is 5.26 Å². The lowest BCUT2D eigenvalue weighted by Gasteiger charge is -2.10. The number of nitriles is 1. The third-order valence-corrected chi connectivity index (χ3v) is 4.01. The highest BCUT2D eigenvalue weighted by Gasteiger charge is 2.21. The van der Waals surface area contributed by atoms with E-state index in [4.69, 9.17) is 9.44 Å². The Balaban J connectivity index is 2.44. The first kappa shape index (κ1) is 14.0. The van der Waals surface area contributed by atoms with Gasteiger partial charge in [-0.3, -0.25) is 0 Å². The number of benzene rings is 2. The van der Waals surface area contributed by atoms with Gasteiger partial charge in [-0.15, -0.1) is 0 Å². The first-order valence-electron chi connectivity index (χ1n) is 5.64. The van der Waals surface area contributed by atoms with E-state index in [0.29, 0.717) is 0 Å². The van der Waals surface area contributed by atoms with Crippen LogP contribution in [0.25, 0.3) is 0 Å². The summed E-state index contributed by atoms with van der Waals surface area (Å²) in [5.41, 5.74) is 0.343. The zero-order valence-corrected chi connectivity index (χ0v) is 11.3. The average Bonchev–Trinajstić information content (AvgIpc) is 2.38. The number of hydrogen-bond acceptors (Lipinski definition) is 4. The van der Waals surface area contributed by atoms with Gasteiger partial charge < -0.3 is 4.18 Å². The summed E-state index contributed by atoms with van der Waals surface area (Å²) in [6.07, 6.45) is 0. The van der Waals surface area contributed by atoms with Crippen LogP contribution in [0.1, 0.15) is 11.1 Å². The lowest BCUT2D eigenvalue weighted by molar-refractivity contribution is 0.484. The van der Waals surface area contributed by atoms with E-state index in [1.54, 1.807) is 12.1 Å². The number of aryl methyl sites for hydroxylation is 1. The topological polar surface area (TPSA) is 67.2 Å². The van der Waals surface area contributed by atoms with Gasteiger partial charge in [0, 0.05) is 0 Å². The van der Waals surface area contributed by atoms with Crippen LogP contribution in [0.15, 0.2) is 47.4 Å². The summed E-state index contributed by atoms with van der Waals surface area (Å²) in [6.45, 7) is 1.47. The molecule has 0 unspecified atom stereocenters. The molecule has 0 bridgehead atoms. The van der Waals surface area contributed by atoms with E-state index >= 15 is 0 Å². The molecule has 0 spiro atoms. The van der Waals surface area contributed by atoms with Gasteiger partial charge in [-0.1, -0.05) is 12.1 Å². The molecule has 0 saturated heterocycles. The summed E-state index contributed by atoms with van der Waals surface area (Å²) < 4.78 is 42.3. The standard InChI is InChI=1S/C14H10FNO3S/c1-10-8-12(15)6-7-14(10)20(17,18)19-13-5-3-2-4-11(13)9-16/h2-8H,1H3. The first-order chi connectivity index (χ1) is 9.44. The molecule has 0 heterocycles. The summed E-state index contributed by atoms with van der Waals surface area (Å²) in [4.78, 5) is -0.133. The minimum absolute atomic E-state index is 0.0567. The predicted molar refractivity (Wildman–Crippen MR) is 70.1 cm³/mol. The zero-order chi connectivity index (χ0) is 14.8. The van der Waals surface area contributed by atoms with Gasteiger partial charge in [0.05, 0.1) is 5.56 Å². The van der Waals surface area contributed by atoms with Crippen molar-refractivity contribution in [2.24, 2.45) is 0 Å². The minimum atomic E-state index is -4.11. The molecule has 4 nitrogen and oxygen atoms in total. The Morgan fingerprint density at radius 3 is 2.55 bits per heavy atom. The maximum atomic E-state index is 13.0. The molecule has 2 aromatic carbocycles. The number of halogens is 1. The van der Waals surface area contributed by atoms with Crippen LogP contribution in [-0.4, -0.2) is 8.42 Å². The molecule has 2 rings (SSSR count). The second kappa shape index (κ2) is 5.31. The Morgan fingerprint density at radius 1 is 1.20 bits per heavy atom. The molecule has 20 heavy (non-hydrogen) atoms. The van der Waals surface area contributed by atoms with E-state index in [1.165, 1.54) is 19.1 Å². The van der Waals surface area contributed by atoms with Crippen molar-refractivity contribution in [3.63, 3.8) is 0 Å². The molecule has 102 valence electrons. The molecule has 0 amide bonds. The van der Waals surface area contributed by atoms with Crippen LogP contribution in [0, 0.1) is 24.1 Å². The van der Waals surface area contributed by atoms with Gasteiger partial charge in [0.1, 0.15) is 16.8 Å². The summed E-state index contributed by atoms with van der Waals surface area (Å²) in [5, 5.41) is 8.90. The fraction of sp³-hybridized carbons (Fsp3) is 0.0714. The van der Waals surface area contributed by atoms with Crippen molar-refractivity contribution in [3.05, 3.63) is 59.4 Å². The van der Waals surface area contributed by atoms with Gasteiger partial charge in [-0.05, 0) is 42.8 Å². The normalized spacial score (nSPS) is 10.8. The molecule has 0 saturated carbocycles. The fourth-order valence-electron chi connectivity index (χ4n) is 1.69. The number of rotatable bonds is 3. The van der Waals surface area contributed by atoms with Gasteiger partial charge >= 0.3 is 10.1 Å². The number of hydrogen-bond donors (Lipinski definition) is 0. The first-order valence-corrected chi connectivity index (χ1v) is 7.04. The Hall–Kier alpha value is -2.39. The van der Waals surface area contributed by atoms with Gasteiger partial charge in [0.2, 0.25) is 0 Å². The Bertz CT molecular complexity index is 794. The van der Waals surface area contributed by atoms with Gasteiger partial charge in [0.25, 0.3) is 0 Å². The molecule has 0 radical (unpaired) electrons. The molecular weight excluding hydrogens is 281 g/mol. The minimum Gasteiger partial charge on any atom is -0.378 e. The largest absolute Gasteiger partial charge is 0.378 e. The molecule has 0 aliphatic heterocycles. The van der Waals surface area contributed by atoms with Crippen molar-refractivity contribution in [3.8, 4) is 11.8 Å². The second-order valence-corrected chi connectivity index (χ2v) is 5.57. The van der Waals surface area contributed by atoms with Crippen molar-refractivity contribution < 1.29 is 17.0 Å². The summed E-state index contributed by atoms with van der Waals surface area (Å²) in [6, 6.07) is 11.1. The fourth-order valence-corrected chi connectivity index (χ4v) is 2.85. The SMILES string of the molecule is Cc1cc(F)ccc1S(=O)(=O)Oc1ccccc1C#N. The van der Waals surface area contributed by atoms with Crippen LogP contribution in [0.5, 0.6) is 5.75 Å².